The Morgan fingerprint density at radius 3 is 2.53 bits per heavy atom. The highest BCUT2D eigenvalue weighted by Gasteiger charge is 2.35. The molecule has 19 heavy (non-hydrogen) atoms. The van der Waals surface area contributed by atoms with Gasteiger partial charge in [0.2, 0.25) is 5.91 Å². The minimum absolute atomic E-state index is 0.0451. The number of carbonyl (C=O) groups excluding carboxylic acids is 2. The molecule has 1 fully saturated rings. The molecule has 0 saturated carbocycles. The molecule has 1 aliphatic heterocycles. The van der Waals surface area contributed by atoms with Gasteiger partial charge in [0.15, 0.2) is 0 Å². The van der Waals surface area contributed by atoms with Gasteiger partial charge in [-0.15, -0.1) is 0 Å². The van der Waals surface area contributed by atoms with E-state index < -0.39 is 5.92 Å². The van der Waals surface area contributed by atoms with Crippen LogP contribution in [0.1, 0.15) is 26.7 Å². The molecule has 3 nitrogen and oxygen atoms in total. The number of piperidine rings is 1. The second-order valence-electron chi connectivity index (χ2n) is 5.22. The van der Waals surface area contributed by atoms with Gasteiger partial charge in [-0.2, -0.15) is 0 Å². The molecular formula is C15H18ClNO2. The quantitative estimate of drug-likeness (QED) is 0.796. The first-order valence-electron chi connectivity index (χ1n) is 6.61. The molecule has 2 rings (SSSR count). The largest absolute Gasteiger partial charge is 0.312 e. The Morgan fingerprint density at radius 1 is 1.32 bits per heavy atom. The first-order valence-corrected chi connectivity index (χ1v) is 6.99. The Hall–Kier alpha value is -1.35. The van der Waals surface area contributed by atoms with Crippen LogP contribution in [-0.2, 0) is 9.59 Å². The normalized spacial score (nSPS) is 19.9. The van der Waals surface area contributed by atoms with E-state index in [0.29, 0.717) is 18.0 Å². The molecule has 1 amide bonds. The lowest BCUT2D eigenvalue weighted by atomic mass is 9.87. The molecule has 1 aromatic rings. The van der Waals surface area contributed by atoms with E-state index in [9.17, 15) is 9.59 Å². The fraction of sp³-hybridized carbons (Fsp3) is 0.467. The molecule has 0 bridgehead atoms. The number of anilines is 1. The van der Waals surface area contributed by atoms with Crippen LogP contribution in [0.25, 0.3) is 0 Å². The van der Waals surface area contributed by atoms with E-state index in [2.05, 4.69) is 0 Å². The van der Waals surface area contributed by atoms with Crippen molar-refractivity contribution in [3.8, 4) is 0 Å². The summed E-state index contributed by atoms with van der Waals surface area (Å²) >= 11 is 5.85. The maximum Gasteiger partial charge on any atom is 0.237 e. The Labute approximate surface area is 118 Å². The average Bonchev–Trinajstić information content (AvgIpc) is 2.39. The third-order valence-corrected chi connectivity index (χ3v) is 3.74. The van der Waals surface area contributed by atoms with Gasteiger partial charge in [0.05, 0.1) is 5.92 Å². The SMILES string of the molecule is CC(C)C(=O)[C@H]1CCCN(c2ccc(Cl)cc2)C1=O. The summed E-state index contributed by atoms with van der Waals surface area (Å²) in [7, 11) is 0. The second-order valence-corrected chi connectivity index (χ2v) is 5.65. The zero-order chi connectivity index (χ0) is 14.0. The summed E-state index contributed by atoms with van der Waals surface area (Å²) in [6, 6.07) is 7.17. The Kier molecular flexibility index (Phi) is 4.25. The van der Waals surface area contributed by atoms with E-state index >= 15 is 0 Å². The van der Waals surface area contributed by atoms with Gasteiger partial charge in [-0.1, -0.05) is 25.4 Å². The lowest BCUT2D eigenvalue weighted by molar-refractivity contribution is -0.135. The maximum atomic E-state index is 12.4. The number of rotatable bonds is 3. The highest BCUT2D eigenvalue weighted by molar-refractivity contribution is 6.30. The summed E-state index contributed by atoms with van der Waals surface area (Å²) in [6.07, 6.45) is 1.53. The van der Waals surface area contributed by atoms with Gasteiger partial charge >= 0.3 is 0 Å². The Bertz CT molecular complexity index is 481. The highest BCUT2D eigenvalue weighted by atomic mass is 35.5. The minimum atomic E-state index is -0.482. The van der Waals surface area contributed by atoms with Gasteiger partial charge in [-0.25, -0.2) is 0 Å². The van der Waals surface area contributed by atoms with E-state index in [0.717, 1.165) is 12.1 Å². The summed E-state index contributed by atoms with van der Waals surface area (Å²) < 4.78 is 0. The van der Waals surface area contributed by atoms with Gasteiger partial charge in [0.1, 0.15) is 5.78 Å². The van der Waals surface area contributed by atoms with Crippen LogP contribution in [0.4, 0.5) is 5.69 Å². The van der Waals surface area contributed by atoms with Crippen LogP contribution in [0.5, 0.6) is 0 Å². The molecule has 1 saturated heterocycles. The molecule has 0 N–H and O–H groups in total. The van der Waals surface area contributed by atoms with Gasteiger partial charge in [-0.05, 0) is 37.1 Å². The van der Waals surface area contributed by atoms with Gasteiger partial charge in [0.25, 0.3) is 0 Å². The van der Waals surface area contributed by atoms with Crippen molar-refractivity contribution in [1.29, 1.82) is 0 Å². The summed E-state index contributed by atoms with van der Waals surface area (Å²) in [5.74, 6) is -0.612. The summed E-state index contributed by atoms with van der Waals surface area (Å²) in [5, 5.41) is 0.642. The number of carbonyl (C=O) groups is 2. The lowest BCUT2D eigenvalue weighted by Gasteiger charge is -2.32. The standard InChI is InChI=1S/C15H18ClNO2/c1-10(2)14(18)13-4-3-9-17(15(13)19)12-7-5-11(16)6-8-12/h5-8,10,13H,3-4,9H2,1-2H3/t13-/m1/s1. The molecule has 0 aliphatic carbocycles. The predicted molar refractivity (Wildman–Crippen MR) is 76.4 cm³/mol. The Balaban J connectivity index is 2.21. The van der Waals surface area contributed by atoms with E-state index in [1.54, 1.807) is 17.0 Å². The van der Waals surface area contributed by atoms with Crippen molar-refractivity contribution in [2.45, 2.75) is 26.7 Å². The topological polar surface area (TPSA) is 37.4 Å². The van der Waals surface area contributed by atoms with Crippen LogP contribution >= 0.6 is 11.6 Å². The van der Waals surface area contributed by atoms with Crippen molar-refractivity contribution in [1.82, 2.24) is 0 Å². The van der Waals surface area contributed by atoms with E-state index in [1.165, 1.54) is 0 Å². The van der Waals surface area contributed by atoms with E-state index in [-0.39, 0.29) is 17.6 Å². The monoisotopic (exact) mass is 279 g/mol. The van der Waals surface area contributed by atoms with Gasteiger partial charge in [-0.3, -0.25) is 9.59 Å². The van der Waals surface area contributed by atoms with Crippen molar-refractivity contribution in [3.63, 3.8) is 0 Å². The minimum Gasteiger partial charge on any atom is -0.312 e. The summed E-state index contributed by atoms with van der Waals surface area (Å²) in [4.78, 5) is 26.2. The molecule has 1 heterocycles. The molecule has 0 aromatic heterocycles. The molecule has 102 valence electrons. The first kappa shape index (κ1) is 14.1. The molecule has 0 spiro atoms. The molecule has 1 aliphatic rings. The fourth-order valence-electron chi connectivity index (χ4n) is 2.42. The molecule has 1 aromatic carbocycles. The van der Waals surface area contributed by atoms with Crippen LogP contribution in [0.2, 0.25) is 5.02 Å². The molecule has 1 atom stereocenters. The number of Topliss-reactive ketones (excluding diaryl/α,β-unsaturated/α-hetero) is 1. The highest BCUT2D eigenvalue weighted by Crippen LogP contribution is 2.27. The van der Waals surface area contributed by atoms with Crippen LogP contribution in [-0.4, -0.2) is 18.2 Å². The van der Waals surface area contributed by atoms with Crippen LogP contribution in [0, 0.1) is 11.8 Å². The van der Waals surface area contributed by atoms with Crippen LogP contribution in [0.3, 0.4) is 0 Å². The maximum absolute atomic E-state index is 12.4. The van der Waals surface area contributed by atoms with Crippen molar-refractivity contribution in [2.75, 3.05) is 11.4 Å². The average molecular weight is 280 g/mol. The number of hydrogen-bond donors (Lipinski definition) is 0. The molecule has 4 heteroatoms. The second kappa shape index (κ2) is 5.74. The van der Waals surface area contributed by atoms with E-state index in [4.69, 9.17) is 11.6 Å². The number of benzene rings is 1. The number of halogens is 1. The zero-order valence-corrected chi connectivity index (χ0v) is 12.0. The molecule has 0 radical (unpaired) electrons. The fourth-order valence-corrected chi connectivity index (χ4v) is 2.54. The first-order chi connectivity index (χ1) is 9.00. The lowest BCUT2D eigenvalue weighted by Crippen LogP contribution is -2.45. The Morgan fingerprint density at radius 2 is 1.95 bits per heavy atom. The zero-order valence-electron chi connectivity index (χ0n) is 11.2. The number of ketones is 1. The molecule has 0 unspecified atom stereocenters. The van der Waals surface area contributed by atoms with Crippen molar-refractivity contribution in [3.05, 3.63) is 29.3 Å². The molecular weight excluding hydrogens is 262 g/mol. The summed E-state index contributed by atoms with van der Waals surface area (Å²) in [5.41, 5.74) is 0.815. The third kappa shape index (κ3) is 2.98. The summed E-state index contributed by atoms with van der Waals surface area (Å²) in [6.45, 7) is 4.36. The predicted octanol–water partition coefficient (Wildman–Crippen LogP) is 3.31. The van der Waals surface area contributed by atoms with Crippen LogP contribution in [0.15, 0.2) is 24.3 Å². The van der Waals surface area contributed by atoms with Gasteiger partial charge < -0.3 is 4.90 Å². The third-order valence-electron chi connectivity index (χ3n) is 3.49. The van der Waals surface area contributed by atoms with Crippen molar-refractivity contribution < 1.29 is 9.59 Å². The van der Waals surface area contributed by atoms with Crippen LogP contribution < -0.4 is 4.90 Å². The van der Waals surface area contributed by atoms with Crippen molar-refractivity contribution >= 4 is 29.0 Å². The number of amides is 1. The number of hydrogen-bond acceptors (Lipinski definition) is 2. The van der Waals surface area contributed by atoms with E-state index in [1.807, 2.05) is 26.0 Å². The number of nitrogens with zero attached hydrogens (tertiary/aromatic N) is 1. The van der Waals surface area contributed by atoms with Crippen molar-refractivity contribution in [2.24, 2.45) is 11.8 Å². The van der Waals surface area contributed by atoms with Gasteiger partial charge in [0, 0.05) is 23.2 Å². The smallest absolute Gasteiger partial charge is 0.237 e.